The first-order valence-corrected chi connectivity index (χ1v) is 8.48. The summed E-state index contributed by atoms with van der Waals surface area (Å²) in [5.41, 5.74) is -1.10. The molecule has 1 spiro atoms. The molecule has 0 aromatic rings. The van der Waals surface area contributed by atoms with E-state index in [0.29, 0.717) is 18.1 Å². The number of nitrogens with zero attached hydrogens (tertiary/aromatic N) is 1. The lowest BCUT2D eigenvalue weighted by Crippen LogP contribution is -2.67. The largest absolute Gasteiger partial charge is 0.396 e. The van der Waals surface area contributed by atoms with Gasteiger partial charge in [0, 0.05) is 24.4 Å². The lowest BCUT2D eigenvalue weighted by atomic mass is 9.69. The Morgan fingerprint density at radius 2 is 2.00 bits per heavy atom. The molecule has 1 amide bonds. The molecule has 1 atom stereocenters. The Morgan fingerprint density at radius 1 is 1.26 bits per heavy atom. The van der Waals surface area contributed by atoms with Gasteiger partial charge in [-0.2, -0.15) is 11.8 Å². The Hall–Kier alpha value is -0.260. The van der Waals surface area contributed by atoms with Crippen LogP contribution in [-0.4, -0.2) is 56.8 Å². The standard InChI is InChI=1S/C14H23NO3S/c16-9-11-1-3-13(4-2-11)5-7-15(13)12(17)14(18)6-8-19-10-14/h11,16,18H,1-10H2. The zero-order valence-electron chi connectivity index (χ0n) is 11.3. The number of aliphatic hydroxyl groups excluding tert-OH is 1. The molecule has 0 bridgehead atoms. The molecular formula is C14H23NO3S. The summed E-state index contributed by atoms with van der Waals surface area (Å²) in [6, 6.07) is 0. The fourth-order valence-corrected chi connectivity index (χ4v) is 4.98. The number of amides is 1. The fourth-order valence-electron chi connectivity index (χ4n) is 3.75. The van der Waals surface area contributed by atoms with Crippen LogP contribution in [0.4, 0.5) is 0 Å². The second-order valence-corrected chi connectivity index (χ2v) is 7.50. The van der Waals surface area contributed by atoms with Crippen molar-refractivity contribution in [2.45, 2.75) is 49.7 Å². The molecule has 5 heteroatoms. The van der Waals surface area contributed by atoms with Crippen LogP contribution in [0.1, 0.15) is 38.5 Å². The third kappa shape index (κ3) is 2.20. The van der Waals surface area contributed by atoms with Crippen molar-refractivity contribution in [1.82, 2.24) is 4.90 Å². The number of carbonyl (C=O) groups excluding carboxylic acids is 1. The fraction of sp³-hybridized carbons (Fsp3) is 0.929. The smallest absolute Gasteiger partial charge is 0.255 e. The van der Waals surface area contributed by atoms with Crippen LogP contribution in [0.2, 0.25) is 0 Å². The van der Waals surface area contributed by atoms with E-state index >= 15 is 0 Å². The topological polar surface area (TPSA) is 60.8 Å². The number of rotatable bonds is 2. The molecule has 2 N–H and O–H groups in total. The summed E-state index contributed by atoms with van der Waals surface area (Å²) < 4.78 is 0. The van der Waals surface area contributed by atoms with Crippen molar-refractivity contribution in [2.75, 3.05) is 24.7 Å². The van der Waals surface area contributed by atoms with E-state index in [2.05, 4.69) is 0 Å². The van der Waals surface area contributed by atoms with Crippen molar-refractivity contribution in [3.63, 3.8) is 0 Å². The van der Waals surface area contributed by atoms with E-state index in [4.69, 9.17) is 0 Å². The van der Waals surface area contributed by atoms with Crippen molar-refractivity contribution in [1.29, 1.82) is 0 Å². The molecule has 0 aromatic heterocycles. The minimum Gasteiger partial charge on any atom is -0.396 e. The van der Waals surface area contributed by atoms with Gasteiger partial charge in [0.05, 0.1) is 0 Å². The summed E-state index contributed by atoms with van der Waals surface area (Å²) in [5, 5.41) is 19.7. The number of thioether (sulfide) groups is 1. The normalized spacial score (nSPS) is 42.4. The Morgan fingerprint density at radius 3 is 2.47 bits per heavy atom. The average molecular weight is 285 g/mol. The van der Waals surface area contributed by atoms with Crippen molar-refractivity contribution in [2.24, 2.45) is 5.92 Å². The van der Waals surface area contributed by atoms with Crippen LogP contribution in [0.25, 0.3) is 0 Å². The molecule has 3 rings (SSSR count). The van der Waals surface area contributed by atoms with Gasteiger partial charge in [-0.15, -0.1) is 0 Å². The average Bonchev–Trinajstić information content (AvgIpc) is 2.86. The van der Waals surface area contributed by atoms with Crippen molar-refractivity contribution in [3.8, 4) is 0 Å². The number of hydrogen-bond donors (Lipinski definition) is 2. The van der Waals surface area contributed by atoms with Gasteiger partial charge in [0.2, 0.25) is 0 Å². The first kappa shape index (κ1) is 13.7. The summed E-state index contributed by atoms with van der Waals surface area (Å²) >= 11 is 1.67. The molecular weight excluding hydrogens is 262 g/mol. The van der Waals surface area contributed by atoms with Gasteiger partial charge in [0.1, 0.15) is 0 Å². The van der Waals surface area contributed by atoms with Gasteiger partial charge < -0.3 is 15.1 Å². The quantitative estimate of drug-likeness (QED) is 0.795. The molecule has 1 saturated carbocycles. The van der Waals surface area contributed by atoms with Crippen molar-refractivity contribution in [3.05, 3.63) is 0 Å². The summed E-state index contributed by atoms with van der Waals surface area (Å²) in [5.74, 6) is 1.81. The molecule has 0 radical (unpaired) electrons. The lowest BCUT2D eigenvalue weighted by molar-refractivity contribution is -0.169. The molecule has 1 unspecified atom stereocenters. The Bertz CT molecular complexity index is 360. The van der Waals surface area contributed by atoms with Crippen LogP contribution in [-0.2, 0) is 4.79 Å². The Labute approximate surface area is 118 Å². The zero-order chi connectivity index (χ0) is 13.5. The molecule has 1 aliphatic carbocycles. The van der Waals surface area contributed by atoms with Crippen molar-refractivity contribution >= 4 is 17.7 Å². The molecule has 108 valence electrons. The highest BCUT2D eigenvalue weighted by Gasteiger charge is 2.54. The maximum Gasteiger partial charge on any atom is 0.255 e. The van der Waals surface area contributed by atoms with Gasteiger partial charge in [0.15, 0.2) is 5.60 Å². The van der Waals surface area contributed by atoms with Gasteiger partial charge in [0.25, 0.3) is 5.91 Å². The van der Waals surface area contributed by atoms with Crippen LogP contribution in [0.15, 0.2) is 0 Å². The zero-order valence-corrected chi connectivity index (χ0v) is 12.1. The second kappa shape index (κ2) is 4.93. The second-order valence-electron chi connectivity index (χ2n) is 6.39. The van der Waals surface area contributed by atoms with E-state index < -0.39 is 5.60 Å². The van der Waals surface area contributed by atoms with E-state index in [1.807, 2.05) is 4.90 Å². The predicted octanol–water partition coefficient (Wildman–Crippen LogP) is 1.01. The molecule has 3 fully saturated rings. The summed E-state index contributed by atoms with van der Waals surface area (Å²) in [6.07, 6.45) is 5.67. The molecule has 4 nitrogen and oxygen atoms in total. The summed E-state index contributed by atoms with van der Waals surface area (Å²) in [7, 11) is 0. The number of aliphatic hydroxyl groups is 2. The Kier molecular flexibility index (Phi) is 3.56. The lowest BCUT2D eigenvalue weighted by Gasteiger charge is -2.57. The number of carbonyl (C=O) groups is 1. The number of likely N-dealkylation sites (tertiary alicyclic amines) is 1. The highest BCUT2D eigenvalue weighted by molar-refractivity contribution is 7.99. The van der Waals surface area contributed by atoms with Crippen molar-refractivity contribution < 1.29 is 15.0 Å². The maximum absolute atomic E-state index is 12.6. The van der Waals surface area contributed by atoms with Gasteiger partial charge >= 0.3 is 0 Å². The first-order valence-electron chi connectivity index (χ1n) is 7.33. The van der Waals surface area contributed by atoms with Crippen LogP contribution in [0.3, 0.4) is 0 Å². The van der Waals surface area contributed by atoms with E-state index in [0.717, 1.165) is 44.4 Å². The van der Waals surface area contributed by atoms with Crippen LogP contribution in [0, 0.1) is 5.92 Å². The monoisotopic (exact) mass is 285 g/mol. The van der Waals surface area contributed by atoms with Crippen LogP contribution >= 0.6 is 11.8 Å². The molecule has 2 heterocycles. The molecule has 19 heavy (non-hydrogen) atoms. The minimum absolute atomic E-state index is 0.00569. The van der Waals surface area contributed by atoms with Crippen LogP contribution in [0.5, 0.6) is 0 Å². The molecule has 2 aliphatic heterocycles. The highest BCUT2D eigenvalue weighted by atomic mass is 32.2. The maximum atomic E-state index is 12.6. The Balaban J connectivity index is 1.67. The highest BCUT2D eigenvalue weighted by Crippen LogP contribution is 2.46. The van der Waals surface area contributed by atoms with Gasteiger partial charge in [-0.3, -0.25) is 4.79 Å². The predicted molar refractivity (Wildman–Crippen MR) is 75.0 cm³/mol. The van der Waals surface area contributed by atoms with Crippen LogP contribution < -0.4 is 0 Å². The van der Waals surface area contributed by atoms with E-state index in [1.54, 1.807) is 11.8 Å². The minimum atomic E-state index is -1.11. The molecule has 3 aliphatic rings. The SMILES string of the molecule is O=C(N1CCC12CCC(CO)CC2)C1(O)CCSC1. The summed E-state index contributed by atoms with van der Waals surface area (Å²) in [6.45, 7) is 1.07. The molecule has 0 aromatic carbocycles. The first-order chi connectivity index (χ1) is 9.10. The van der Waals surface area contributed by atoms with Gasteiger partial charge in [-0.25, -0.2) is 0 Å². The van der Waals surface area contributed by atoms with E-state index in [1.165, 1.54) is 0 Å². The summed E-state index contributed by atoms with van der Waals surface area (Å²) in [4.78, 5) is 14.5. The third-order valence-electron chi connectivity index (χ3n) is 5.31. The van der Waals surface area contributed by atoms with E-state index in [9.17, 15) is 15.0 Å². The van der Waals surface area contributed by atoms with E-state index in [-0.39, 0.29) is 18.1 Å². The van der Waals surface area contributed by atoms with Gasteiger partial charge in [-0.05, 0) is 50.2 Å². The van der Waals surface area contributed by atoms with Gasteiger partial charge in [-0.1, -0.05) is 0 Å². The third-order valence-corrected chi connectivity index (χ3v) is 6.49. The number of hydrogen-bond acceptors (Lipinski definition) is 4. The molecule has 2 saturated heterocycles.